The van der Waals surface area contributed by atoms with Crippen LogP contribution in [-0.4, -0.2) is 40.9 Å². The topological polar surface area (TPSA) is 90.7 Å². The van der Waals surface area contributed by atoms with Crippen molar-refractivity contribution in [3.63, 3.8) is 0 Å². The van der Waals surface area contributed by atoms with Crippen molar-refractivity contribution in [2.24, 2.45) is 5.73 Å². The van der Waals surface area contributed by atoms with Crippen LogP contribution >= 0.6 is 0 Å². The van der Waals surface area contributed by atoms with E-state index in [1.54, 1.807) is 18.2 Å². The largest absolute Gasteiger partial charge is 0.376 e. The normalized spacial score (nSPS) is 21.6. The molecule has 0 amide bonds. The highest BCUT2D eigenvalue weighted by atomic mass is 32.2. The van der Waals surface area contributed by atoms with Crippen LogP contribution in [0.5, 0.6) is 0 Å². The van der Waals surface area contributed by atoms with Gasteiger partial charge in [0.15, 0.2) is 0 Å². The van der Waals surface area contributed by atoms with Crippen molar-refractivity contribution in [1.29, 1.82) is 0 Å². The molecular formula is C13H20N2O4S. The number of sulfonamides is 1. The van der Waals surface area contributed by atoms with Gasteiger partial charge in [-0.1, -0.05) is 12.1 Å². The van der Waals surface area contributed by atoms with E-state index < -0.39 is 10.0 Å². The molecule has 0 spiro atoms. The average Bonchev–Trinajstić information content (AvgIpc) is 2.46. The number of benzene rings is 1. The summed E-state index contributed by atoms with van der Waals surface area (Å²) in [5.74, 6) is 0. The highest BCUT2D eigenvalue weighted by molar-refractivity contribution is 7.89. The predicted molar refractivity (Wildman–Crippen MR) is 74.8 cm³/mol. The van der Waals surface area contributed by atoms with Gasteiger partial charge in [0, 0.05) is 12.6 Å². The van der Waals surface area contributed by atoms with Crippen molar-refractivity contribution in [3.8, 4) is 0 Å². The summed E-state index contributed by atoms with van der Waals surface area (Å²) in [6.07, 6.45) is -0.241. The van der Waals surface area contributed by atoms with Crippen molar-refractivity contribution in [2.45, 2.75) is 24.0 Å². The summed E-state index contributed by atoms with van der Waals surface area (Å²) >= 11 is 0. The third-order valence-electron chi connectivity index (χ3n) is 3.08. The van der Waals surface area contributed by atoms with Crippen LogP contribution in [0, 0.1) is 0 Å². The van der Waals surface area contributed by atoms with Crippen LogP contribution in [0.4, 0.5) is 0 Å². The standard InChI is InChI=1S/C13H20N2O4S/c1-10(14)11-3-2-4-13(7-11)20(16,17)15-8-12-9-18-5-6-19-12/h2-4,7,10,12,15H,5-6,8-9,14H2,1H3. The molecule has 2 unspecified atom stereocenters. The molecule has 2 atom stereocenters. The van der Waals surface area contributed by atoms with Crippen molar-refractivity contribution in [1.82, 2.24) is 4.72 Å². The molecule has 1 aliphatic heterocycles. The maximum Gasteiger partial charge on any atom is 0.240 e. The van der Waals surface area contributed by atoms with Gasteiger partial charge in [-0.2, -0.15) is 0 Å². The molecule has 20 heavy (non-hydrogen) atoms. The molecule has 1 fully saturated rings. The minimum absolute atomic E-state index is 0.199. The van der Waals surface area contributed by atoms with Gasteiger partial charge < -0.3 is 15.2 Å². The Morgan fingerprint density at radius 3 is 2.90 bits per heavy atom. The van der Waals surface area contributed by atoms with Gasteiger partial charge in [-0.05, 0) is 24.6 Å². The fraction of sp³-hybridized carbons (Fsp3) is 0.538. The van der Waals surface area contributed by atoms with E-state index in [9.17, 15) is 8.42 Å². The second-order valence-corrected chi connectivity index (χ2v) is 6.55. The molecule has 112 valence electrons. The van der Waals surface area contributed by atoms with Crippen LogP contribution in [0.1, 0.15) is 18.5 Å². The van der Waals surface area contributed by atoms with Crippen LogP contribution < -0.4 is 10.5 Å². The highest BCUT2D eigenvalue weighted by Gasteiger charge is 2.20. The van der Waals surface area contributed by atoms with Crippen LogP contribution in [-0.2, 0) is 19.5 Å². The fourth-order valence-electron chi connectivity index (χ4n) is 1.91. The van der Waals surface area contributed by atoms with Gasteiger partial charge in [0.1, 0.15) is 0 Å². The Labute approximate surface area is 119 Å². The Morgan fingerprint density at radius 2 is 2.25 bits per heavy atom. The first-order valence-electron chi connectivity index (χ1n) is 6.53. The molecule has 0 aliphatic carbocycles. The minimum atomic E-state index is -3.56. The maximum absolute atomic E-state index is 12.2. The molecule has 1 saturated heterocycles. The van der Waals surface area contributed by atoms with Crippen LogP contribution in [0.3, 0.4) is 0 Å². The van der Waals surface area contributed by atoms with Gasteiger partial charge in [0.05, 0.1) is 30.8 Å². The molecule has 1 aromatic rings. The second kappa shape index (κ2) is 6.64. The zero-order chi connectivity index (χ0) is 14.6. The highest BCUT2D eigenvalue weighted by Crippen LogP contribution is 2.16. The number of hydrogen-bond donors (Lipinski definition) is 2. The molecule has 3 N–H and O–H groups in total. The molecule has 1 aromatic carbocycles. The lowest BCUT2D eigenvalue weighted by Gasteiger charge is -2.23. The number of nitrogens with two attached hydrogens (primary N) is 1. The number of hydrogen-bond acceptors (Lipinski definition) is 5. The molecule has 0 aromatic heterocycles. The molecule has 2 rings (SSSR count). The van der Waals surface area contributed by atoms with Crippen molar-refractivity contribution in [3.05, 3.63) is 29.8 Å². The Morgan fingerprint density at radius 1 is 1.45 bits per heavy atom. The van der Waals surface area contributed by atoms with Gasteiger partial charge in [-0.15, -0.1) is 0 Å². The lowest BCUT2D eigenvalue weighted by atomic mass is 10.1. The van der Waals surface area contributed by atoms with Gasteiger partial charge >= 0.3 is 0 Å². The first-order chi connectivity index (χ1) is 9.49. The minimum Gasteiger partial charge on any atom is -0.376 e. The Hall–Kier alpha value is -0.990. The number of ether oxygens (including phenoxy) is 2. The predicted octanol–water partition coefficient (Wildman–Crippen LogP) is 0.400. The van der Waals surface area contributed by atoms with Crippen molar-refractivity contribution in [2.75, 3.05) is 26.4 Å². The van der Waals surface area contributed by atoms with Crippen LogP contribution in [0.15, 0.2) is 29.2 Å². The summed E-state index contributed by atoms with van der Waals surface area (Å²) in [5, 5.41) is 0. The fourth-order valence-corrected chi connectivity index (χ4v) is 3.03. The summed E-state index contributed by atoms with van der Waals surface area (Å²) in [5.41, 5.74) is 6.55. The van der Waals surface area contributed by atoms with Gasteiger partial charge in [-0.3, -0.25) is 0 Å². The van der Waals surface area contributed by atoms with Crippen LogP contribution in [0.2, 0.25) is 0 Å². The van der Waals surface area contributed by atoms with E-state index in [-0.39, 0.29) is 23.6 Å². The molecule has 7 heteroatoms. The van der Waals surface area contributed by atoms with E-state index in [0.717, 1.165) is 5.56 Å². The first-order valence-corrected chi connectivity index (χ1v) is 8.02. The molecule has 0 radical (unpaired) electrons. The Balaban J connectivity index is 2.03. The summed E-state index contributed by atoms with van der Waals surface area (Å²) in [4.78, 5) is 0.212. The molecule has 0 bridgehead atoms. The zero-order valence-electron chi connectivity index (χ0n) is 11.4. The SMILES string of the molecule is CC(N)c1cccc(S(=O)(=O)NCC2COCCO2)c1. The van der Waals surface area contributed by atoms with Crippen molar-refractivity contribution >= 4 is 10.0 Å². The molecule has 1 aliphatic rings. The molecule has 6 nitrogen and oxygen atoms in total. The monoisotopic (exact) mass is 300 g/mol. The number of rotatable bonds is 5. The molecular weight excluding hydrogens is 280 g/mol. The summed E-state index contributed by atoms with van der Waals surface area (Å²) in [7, 11) is -3.56. The Bertz CT molecular complexity index is 539. The van der Waals surface area contributed by atoms with E-state index in [2.05, 4.69) is 4.72 Å². The summed E-state index contributed by atoms with van der Waals surface area (Å²) in [6, 6.07) is 6.42. The average molecular weight is 300 g/mol. The smallest absolute Gasteiger partial charge is 0.240 e. The quantitative estimate of drug-likeness (QED) is 0.821. The summed E-state index contributed by atoms with van der Waals surface area (Å²) in [6.45, 7) is 3.46. The third-order valence-corrected chi connectivity index (χ3v) is 4.50. The van der Waals surface area contributed by atoms with E-state index in [1.807, 2.05) is 13.0 Å². The third kappa shape index (κ3) is 4.00. The van der Waals surface area contributed by atoms with Gasteiger partial charge in [-0.25, -0.2) is 13.1 Å². The lowest BCUT2D eigenvalue weighted by Crippen LogP contribution is -2.39. The number of nitrogens with one attached hydrogen (secondary N) is 1. The van der Waals surface area contributed by atoms with E-state index in [4.69, 9.17) is 15.2 Å². The van der Waals surface area contributed by atoms with Crippen LogP contribution in [0.25, 0.3) is 0 Å². The molecule has 1 heterocycles. The molecule has 0 saturated carbocycles. The lowest BCUT2D eigenvalue weighted by molar-refractivity contribution is -0.0846. The van der Waals surface area contributed by atoms with E-state index in [0.29, 0.717) is 19.8 Å². The summed E-state index contributed by atoms with van der Waals surface area (Å²) < 4.78 is 37.6. The second-order valence-electron chi connectivity index (χ2n) is 4.78. The zero-order valence-corrected chi connectivity index (χ0v) is 12.2. The Kier molecular flexibility index (Phi) is 5.11. The van der Waals surface area contributed by atoms with E-state index >= 15 is 0 Å². The van der Waals surface area contributed by atoms with E-state index in [1.165, 1.54) is 0 Å². The van der Waals surface area contributed by atoms with Crippen molar-refractivity contribution < 1.29 is 17.9 Å². The van der Waals surface area contributed by atoms with Gasteiger partial charge in [0.25, 0.3) is 0 Å². The first kappa shape index (κ1) is 15.4. The maximum atomic E-state index is 12.2. The van der Waals surface area contributed by atoms with Gasteiger partial charge in [0.2, 0.25) is 10.0 Å².